The number of rotatable bonds is 7. The van der Waals surface area contributed by atoms with Crippen molar-refractivity contribution in [2.24, 2.45) is 5.92 Å². The predicted molar refractivity (Wildman–Crippen MR) is 102 cm³/mol. The Kier molecular flexibility index (Phi) is 6.13. The average molecular weight is 344 g/mol. The van der Waals surface area contributed by atoms with Crippen LogP contribution in [0, 0.1) is 5.92 Å². The van der Waals surface area contributed by atoms with Crippen LogP contribution in [0.5, 0.6) is 0 Å². The largest absolute Gasteiger partial charge is 0.386 e. The maximum absolute atomic E-state index is 10.3. The summed E-state index contributed by atoms with van der Waals surface area (Å²) in [7, 11) is 0. The van der Waals surface area contributed by atoms with Gasteiger partial charge in [-0.25, -0.2) is 0 Å². The van der Waals surface area contributed by atoms with Crippen LogP contribution < -0.4 is 0 Å². The first-order valence-corrected chi connectivity index (χ1v) is 9.79. The average Bonchev–Trinajstić information content (AvgIpc) is 3.36. The van der Waals surface area contributed by atoms with Gasteiger partial charge < -0.3 is 5.11 Å². The summed E-state index contributed by atoms with van der Waals surface area (Å²) in [5, 5.41) is 15.0. The molecule has 1 aromatic heterocycles. The van der Waals surface area contributed by atoms with Gasteiger partial charge in [-0.05, 0) is 64.9 Å². The second-order valence-electron chi connectivity index (χ2n) is 8.03. The van der Waals surface area contributed by atoms with E-state index in [0.29, 0.717) is 5.92 Å². The van der Waals surface area contributed by atoms with E-state index in [2.05, 4.69) is 53.7 Å². The molecule has 3 rings (SSSR count). The highest BCUT2D eigenvalue weighted by Crippen LogP contribution is 2.40. The zero-order valence-electron chi connectivity index (χ0n) is 16.0. The molecule has 2 aliphatic rings. The molecule has 1 saturated carbocycles. The van der Waals surface area contributed by atoms with Gasteiger partial charge in [-0.15, -0.1) is 0 Å². The molecule has 4 nitrogen and oxygen atoms in total. The number of aryl methyl sites for hydroxylation is 1. The normalized spacial score (nSPS) is 20.1. The summed E-state index contributed by atoms with van der Waals surface area (Å²) in [4.78, 5) is 2.50. The number of aromatic nitrogens is 2. The molecule has 1 fully saturated rings. The molecule has 0 aromatic carbocycles. The maximum Gasteiger partial charge on any atom is 0.101 e. The quantitative estimate of drug-likeness (QED) is 0.754. The Hall–Kier alpha value is -1.39. The van der Waals surface area contributed by atoms with Gasteiger partial charge >= 0.3 is 0 Å². The molecule has 1 unspecified atom stereocenters. The fourth-order valence-corrected chi connectivity index (χ4v) is 3.48. The van der Waals surface area contributed by atoms with Crippen molar-refractivity contribution in [1.82, 2.24) is 14.7 Å². The second kappa shape index (κ2) is 8.33. The molecule has 1 N–H and O–H groups in total. The standard InChI is InChI=1S/C21H33N3O/c1-16(2)6-4-7-17(3)10-13-23-11-5-12-24-19(15-23)14-20(22-24)21(25)18-8-9-18/h6,10,14,18,21,25H,4-5,7-9,11-13,15H2,1-3H3. The lowest BCUT2D eigenvalue weighted by atomic mass is 10.1. The summed E-state index contributed by atoms with van der Waals surface area (Å²) in [6, 6.07) is 2.13. The van der Waals surface area contributed by atoms with Crippen molar-refractivity contribution in [3.05, 3.63) is 40.8 Å². The van der Waals surface area contributed by atoms with Crippen molar-refractivity contribution in [3.8, 4) is 0 Å². The second-order valence-corrected chi connectivity index (χ2v) is 8.03. The van der Waals surface area contributed by atoms with E-state index < -0.39 is 0 Å². The third kappa shape index (κ3) is 5.29. The SMILES string of the molecule is CC(C)=CCCC(C)=CCN1CCCn2nc(C(O)C3CC3)cc2C1. The molecular weight excluding hydrogens is 310 g/mol. The van der Waals surface area contributed by atoms with E-state index in [-0.39, 0.29) is 6.10 Å². The summed E-state index contributed by atoms with van der Waals surface area (Å²) < 4.78 is 2.12. The van der Waals surface area contributed by atoms with Crippen LogP contribution in [0.15, 0.2) is 29.4 Å². The van der Waals surface area contributed by atoms with Gasteiger partial charge in [0.25, 0.3) is 0 Å². The zero-order chi connectivity index (χ0) is 17.8. The third-order valence-electron chi connectivity index (χ3n) is 5.27. The number of hydrogen-bond donors (Lipinski definition) is 1. The van der Waals surface area contributed by atoms with Gasteiger partial charge in [0.05, 0.1) is 11.4 Å². The summed E-state index contributed by atoms with van der Waals surface area (Å²) in [6.45, 7) is 10.6. The molecule has 2 heterocycles. The van der Waals surface area contributed by atoms with Crippen LogP contribution in [0.4, 0.5) is 0 Å². The Morgan fingerprint density at radius 1 is 1.28 bits per heavy atom. The van der Waals surface area contributed by atoms with E-state index in [9.17, 15) is 5.11 Å². The van der Waals surface area contributed by atoms with Crippen LogP contribution in [0.2, 0.25) is 0 Å². The smallest absolute Gasteiger partial charge is 0.101 e. The van der Waals surface area contributed by atoms with Gasteiger partial charge in [0.15, 0.2) is 0 Å². The number of nitrogens with zero attached hydrogens (tertiary/aromatic N) is 3. The molecule has 0 radical (unpaired) electrons. The molecule has 138 valence electrons. The first-order chi connectivity index (χ1) is 12.0. The highest BCUT2D eigenvalue weighted by molar-refractivity contribution is 5.16. The summed E-state index contributed by atoms with van der Waals surface area (Å²) in [6.07, 6.45) is 10.0. The van der Waals surface area contributed by atoms with Gasteiger partial charge in [0.2, 0.25) is 0 Å². The minimum absolute atomic E-state index is 0.356. The molecule has 25 heavy (non-hydrogen) atoms. The Balaban J connectivity index is 1.56. The number of allylic oxidation sites excluding steroid dienone is 3. The maximum atomic E-state index is 10.3. The van der Waals surface area contributed by atoms with E-state index in [0.717, 1.165) is 64.0 Å². The van der Waals surface area contributed by atoms with E-state index in [1.54, 1.807) is 0 Å². The number of fused-ring (bicyclic) bond motifs is 1. The van der Waals surface area contributed by atoms with Crippen molar-refractivity contribution in [2.75, 3.05) is 13.1 Å². The Labute approximate surface area is 152 Å². The van der Waals surface area contributed by atoms with Crippen molar-refractivity contribution in [3.63, 3.8) is 0 Å². The topological polar surface area (TPSA) is 41.3 Å². The molecule has 1 aliphatic carbocycles. The predicted octanol–water partition coefficient (Wildman–Crippen LogP) is 4.22. The van der Waals surface area contributed by atoms with Crippen molar-refractivity contribution >= 4 is 0 Å². The number of hydrogen-bond acceptors (Lipinski definition) is 3. The zero-order valence-corrected chi connectivity index (χ0v) is 16.0. The fraction of sp³-hybridized carbons (Fsp3) is 0.667. The molecule has 1 aromatic rings. The molecule has 0 amide bonds. The lowest BCUT2D eigenvalue weighted by Crippen LogP contribution is -2.23. The molecule has 1 aliphatic heterocycles. The number of aliphatic hydroxyl groups is 1. The highest BCUT2D eigenvalue weighted by atomic mass is 16.3. The van der Waals surface area contributed by atoms with E-state index in [1.807, 2.05) is 0 Å². The first kappa shape index (κ1) is 18.4. The fourth-order valence-electron chi connectivity index (χ4n) is 3.48. The van der Waals surface area contributed by atoms with E-state index >= 15 is 0 Å². The van der Waals surface area contributed by atoms with Crippen LogP contribution in [-0.4, -0.2) is 32.9 Å². The van der Waals surface area contributed by atoms with E-state index in [4.69, 9.17) is 0 Å². The molecular formula is C21H33N3O. The van der Waals surface area contributed by atoms with Crippen LogP contribution in [-0.2, 0) is 13.1 Å². The summed E-state index contributed by atoms with van der Waals surface area (Å²) >= 11 is 0. The highest BCUT2D eigenvalue weighted by Gasteiger charge is 2.33. The van der Waals surface area contributed by atoms with Crippen LogP contribution >= 0.6 is 0 Å². The Bertz CT molecular complexity index is 636. The van der Waals surface area contributed by atoms with Crippen LogP contribution in [0.3, 0.4) is 0 Å². The minimum Gasteiger partial charge on any atom is -0.386 e. The minimum atomic E-state index is -0.356. The third-order valence-corrected chi connectivity index (χ3v) is 5.27. The number of aliphatic hydroxyl groups excluding tert-OH is 1. The van der Waals surface area contributed by atoms with Crippen molar-refractivity contribution in [1.29, 1.82) is 0 Å². The molecule has 1 atom stereocenters. The van der Waals surface area contributed by atoms with Gasteiger partial charge in [0.1, 0.15) is 6.10 Å². The molecule has 0 saturated heterocycles. The van der Waals surface area contributed by atoms with Crippen LogP contribution in [0.1, 0.15) is 70.4 Å². The molecule has 0 bridgehead atoms. The van der Waals surface area contributed by atoms with Gasteiger partial charge in [-0.1, -0.05) is 23.3 Å². The lowest BCUT2D eigenvalue weighted by Gasteiger charge is -2.17. The monoisotopic (exact) mass is 343 g/mol. The van der Waals surface area contributed by atoms with Gasteiger partial charge in [0, 0.05) is 26.2 Å². The van der Waals surface area contributed by atoms with Crippen molar-refractivity contribution < 1.29 is 5.11 Å². The molecule has 4 heteroatoms. The van der Waals surface area contributed by atoms with E-state index in [1.165, 1.54) is 16.8 Å². The van der Waals surface area contributed by atoms with Crippen LogP contribution in [0.25, 0.3) is 0 Å². The Morgan fingerprint density at radius 3 is 2.80 bits per heavy atom. The summed E-state index contributed by atoms with van der Waals surface area (Å²) in [5.41, 5.74) is 5.01. The lowest BCUT2D eigenvalue weighted by molar-refractivity contribution is 0.148. The van der Waals surface area contributed by atoms with Gasteiger partial charge in [-0.2, -0.15) is 5.10 Å². The molecule has 0 spiro atoms. The van der Waals surface area contributed by atoms with Gasteiger partial charge in [-0.3, -0.25) is 9.58 Å². The summed E-state index contributed by atoms with van der Waals surface area (Å²) in [5.74, 6) is 0.446. The first-order valence-electron chi connectivity index (χ1n) is 9.79. The van der Waals surface area contributed by atoms with Crippen molar-refractivity contribution in [2.45, 2.75) is 72.1 Å². The Morgan fingerprint density at radius 2 is 2.08 bits per heavy atom.